The summed E-state index contributed by atoms with van der Waals surface area (Å²) in [6, 6.07) is -0.0220. The maximum Gasteiger partial charge on any atom is 0.401 e. The van der Waals surface area contributed by atoms with Crippen LogP contribution in [0.5, 0.6) is 0 Å². The van der Waals surface area contributed by atoms with Crippen LogP contribution >= 0.6 is 0 Å². The van der Waals surface area contributed by atoms with Crippen molar-refractivity contribution in [3.8, 4) is 0 Å². The Hall–Kier alpha value is -0.820. The molecular formula is C12H20F3N3O. The Morgan fingerprint density at radius 3 is 2.53 bits per heavy atom. The fraction of sp³-hybridized carbons (Fsp3) is 0.917. The highest BCUT2D eigenvalue weighted by Crippen LogP contribution is 2.20. The maximum atomic E-state index is 12.3. The van der Waals surface area contributed by atoms with Crippen LogP contribution in [0, 0.1) is 0 Å². The number of piperidine rings is 2. The Labute approximate surface area is 110 Å². The molecule has 2 aliphatic rings. The van der Waals surface area contributed by atoms with Crippen molar-refractivity contribution >= 4 is 5.91 Å². The fourth-order valence-electron chi connectivity index (χ4n) is 2.73. The monoisotopic (exact) mass is 279 g/mol. The van der Waals surface area contributed by atoms with Gasteiger partial charge in [-0.3, -0.25) is 9.69 Å². The van der Waals surface area contributed by atoms with Gasteiger partial charge in [-0.15, -0.1) is 0 Å². The van der Waals surface area contributed by atoms with Crippen molar-refractivity contribution in [3.63, 3.8) is 0 Å². The van der Waals surface area contributed by atoms with Gasteiger partial charge in [0.2, 0.25) is 5.91 Å². The molecule has 0 spiro atoms. The average molecular weight is 279 g/mol. The molecule has 4 nitrogen and oxygen atoms in total. The fourth-order valence-corrected chi connectivity index (χ4v) is 2.73. The van der Waals surface area contributed by atoms with Crippen LogP contribution in [0.15, 0.2) is 0 Å². The van der Waals surface area contributed by atoms with Gasteiger partial charge in [0, 0.05) is 12.6 Å². The maximum absolute atomic E-state index is 12.3. The average Bonchev–Trinajstić information content (AvgIpc) is 2.33. The van der Waals surface area contributed by atoms with Crippen molar-refractivity contribution in [1.82, 2.24) is 15.5 Å². The molecule has 2 saturated heterocycles. The first-order valence-corrected chi connectivity index (χ1v) is 6.77. The summed E-state index contributed by atoms with van der Waals surface area (Å²) in [7, 11) is 0. The molecule has 0 saturated carbocycles. The predicted octanol–water partition coefficient (Wildman–Crippen LogP) is 0.881. The van der Waals surface area contributed by atoms with Gasteiger partial charge in [0.15, 0.2) is 0 Å². The van der Waals surface area contributed by atoms with Gasteiger partial charge in [-0.25, -0.2) is 0 Å². The van der Waals surface area contributed by atoms with Crippen LogP contribution in [0.1, 0.15) is 25.7 Å². The summed E-state index contributed by atoms with van der Waals surface area (Å²) in [5.74, 6) is 0.0176. The third-order valence-corrected chi connectivity index (χ3v) is 3.71. The minimum Gasteiger partial charge on any atom is -0.355 e. The Morgan fingerprint density at radius 2 is 1.95 bits per heavy atom. The number of nitrogens with zero attached hydrogens (tertiary/aromatic N) is 1. The highest BCUT2D eigenvalue weighted by atomic mass is 19.4. The second-order valence-electron chi connectivity index (χ2n) is 5.32. The van der Waals surface area contributed by atoms with E-state index >= 15 is 0 Å². The molecule has 7 heteroatoms. The van der Waals surface area contributed by atoms with Crippen molar-refractivity contribution in [2.45, 2.75) is 43.9 Å². The van der Waals surface area contributed by atoms with E-state index in [0.717, 1.165) is 19.4 Å². The number of nitrogens with one attached hydrogen (secondary N) is 2. The van der Waals surface area contributed by atoms with E-state index in [0.29, 0.717) is 25.9 Å². The van der Waals surface area contributed by atoms with Gasteiger partial charge in [-0.1, -0.05) is 0 Å². The summed E-state index contributed by atoms with van der Waals surface area (Å²) >= 11 is 0. The molecule has 2 rings (SSSR count). The lowest BCUT2D eigenvalue weighted by molar-refractivity contribution is -0.148. The Bertz CT molecular complexity index is 314. The van der Waals surface area contributed by atoms with E-state index in [9.17, 15) is 18.0 Å². The first-order valence-electron chi connectivity index (χ1n) is 6.77. The van der Waals surface area contributed by atoms with Gasteiger partial charge < -0.3 is 10.6 Å². The van der Waals surface area contributed by atoms with Gasteiger partial charge in [-0.05, 0) is 38.8 Å². The minimum absolute atomic E-state index is 0.0176. The molecule has 0 bridgehead atoms. The number of carbonyl (C=O) groups is 1. The van der Waals surface area contributed by atoms with Crippen LogP contribution < -0.4 is 10.6 Å². The number of likely N-dealkylation sites (tertiary alicyclic amines) is 1. The van der Waals surface area contributed by atoms with Crippen LogP contribution in [-0.2, 0) is 4.79 Å². The molecule has 1 amide bonds. The molecule has 2 fully saturated rings. The highest BCUT2D eigenvalue weighted by Gasteiger charge is 2.33. The molecule has 0 aromatic carbocycles. The largest absolute Gasteiger partial charge is 0.401 e. The number of alkyl halides is 3. The number of rotatable bonds is 3. The molecule has 0 aromatic rings. The molecule has 0 aromatic heterocycles. The molecule has 2 N–H and O–H groups in total. The molecule has 2 heterocycles. The van der Waals surface area contributed by atoms with Gasteiger partial charge >= 0.3 is 6.18 Å². The number of halogens is 3. The van der Waals surface area contributed by atoms with Crippen molar-refractivity contribution < 1.29 is 18.0 Å². The van der Waals surface area contributed by atoms with Crippen LogP contribution in [0.2, 0.25) is 0 Å². The van der Waals surface area contributed by atoms with Gasteiger partial charge in [0.1, 0.15) is 0 Å². The zero-order chi connectivity index (χ0) is 13.9. The Morgan fingerprint density at radius 1 is 1.26 bits per heavy atom. The SMILES string of the molecule is O=C1NCCCC1NC1CCN(CC(F)(F)F)CC1. The van der Waals surface area contributed by atoms with Crippen LogP contribution in [0.3, 0.4) is 0 Å². The van der Waals surface area contributed by atoms with Gasteiger partial charge in [0.25, 0.3) is 0 Å². The summed E-state index contributed by atoms with van der Waals surface area (Å²) in [6.45, 7) is 0.766. The second kappa shape index (κ2) is 6.09. The lowest BCUT2D eigenvalue weighted by Gasteiger charge is -2.35. The third-order valence-electron chi connectivity index (χ3n) is 3.71. The van der Waals surface area contributed by atoms with E-state index in [4.69, 9.17) is 0 Å². The third kappa shape index (κ3) is 4.65. The zero-order valence-electron chi connectivity index (χ0n) is 10.8. The number of carbonyl (C=O) groups excluding carboxylic acids is 1. The minimum atomic E-state index is -4.12. The molecule has 110 valence electrons. The first kappa shape index (κ1) is 14.6. The summed E-state index contributed by atoms with van der Waals surface area (Å²) in [6.07, 6.45) is -1.02. The van der Waals surface area contributed by atoms with Crippen LogP contribution in [0.4, 0.5) is 13.2 Å². The topological polar surface area (TPSA) is 44.4 Å². The van der Waals surface area contributed by atoms with Crippen molar-refractivity contribution in [3.05, 3.63) is 0 Å². The van der Waals surface area contributed by atoms with E-state index in [1.165, 1.54) is 4.90 Å². The number of hydrogen-bond acceptors (Lipinski definition) is 3. The normalized spacial score (nSPS) is 27.3. The summed E-state index contributed by atoms with van der Waals surface area (Å²) in [5.41, 5.74) is 0. The molecule has 1 atom stereocenters. The number of hydrogen-bond donors (Lipinski definition) is 2. The summed E-state index contributed by atoms with van der Waals surface area (Å²) in [5, 5.41) is 6.07. The molecule has 0 aliphatic carbocycles. The first-order chi connectivity index (χ1) is 8.94. The van der Waals surface area contributed by atoms with Crippen molar-refractivity contribution in [2.75, 3.05) is 26.2 Å². The highest BCUT2D eigenvalue weighted by molar-refractivity contribution is 5.82. The lowest BCUT2D eigenvalue weighted by atomic mass is 10.0. The molecule has 0 radical (unpaired) electrons. The summed E-state index contributed by atoms with van der Waals surface area (Å²) < 4.78 is 36.8. The molecule has 2 aliphatic heterocycles. The summed E-state index contributed by atoms with van der Waals surface area (Å²) in [4.78, 5) is 13.0. The standard InChI is InChI=1S/C12H20F3N3O/c13-12(14,15)8-18-6-3-9(4-7-18)17-10-2-1-5-16-11(10)19/h9-10,17H,1-8H2,(H,16,19). The Kier molecular flexibility index (Phi) is 4.67. The van der Waals surface area contributed by atoms with Gasteiger partial charge in [-0.2, -0.15) is 13.2 Å². The van der Waals surface area contributed by atoms with E-state index in [1.807, 2.05) is 0 Å². The van der Waals surface area contributed by atoms with E-state index in [1.54, 1.807) is 0 Å². The molecule has 19 heavy (non-hydrogen) atoms. The predicted molar refractivity (Wildman–Crippen MR) is 64.7 cm³/mol. The zero-order valence-corrected chi connectivity index (χ0v) is 10.8. The Balaban J connectivity index is 1.72. The van der Waals surface area contributed by atoms with E-state index in [-0.39, 0.29) is 18.0 Å². The molecular weight excluding hydrogens is 259 g/mol. The molecule has 1 unspecified atom stereocenters. The van der Waals surface area contributed by atoms with Crippen LogP contribution in [0.25, 0.3) is 0 Å². The number of amides is 1. The van der Waals surface area contributed by atoms with Crippen molar-refractivity contribution in [1.29, 1.82) is 0 Å². The quantitative estimate of drug-likeness (QED) is 0.806. The van der Waals surface area contributed by atoms with Crippen molar-refractivity contribution in [2.24, 2.45) is 0 Å². The van der Waals surface area contributed by atoms with E-state index in [2.05, 4.69) is 10.6 Å². The smallest absolute Gasteiger partial charge is 0.355 e. The van der Waals surface area contributed by atoms with Crippen LogP contribution in [-0.4, -0.2) is 55.2 Å². The lowest BCUT2D eigenvalue weighted by Crippen LogP contribution is -2.54. The second-order valence-corrected chi connectivity index (χ2v) is 5.32. The van der Waals surface area contributed by atoms with E-state index < -0.39 is 12.7 Å². The van der Waals surface area contributed by atoms with Gasteiger partial charge in [0.05, 0.1) is 12.6 Å².